The molecule has 0 unspecified atom stereocenters. The molecule has 0 atom stereocenters. The van der Waals surface area contributed by atoms with Crippen LogP contribution in [0.1, 0.15) is 13.8 Å². The van der Waals surface area contributed by atoms with Crippen molar-refractivity contribution in [1.82, 2.24) is 9.71 Å². The van der Waals surface area contributed by atoms with Gasteiger partial charge in [0.1, 0.15) is 5.82 Å². The van der Waals surface area contributed by atoms with Crippen LogP contribution in [0.25, 0.3) is 0 Å². The monoisotopic (exact) mass is 355 g/mol. The molecule has 0 fully saturated rings. The second-order valence-electron chi connectivity index (χ2n) is 4.60. The van der Waals surface area contributed by atoms with Crippen molar-refractivity contribution in [3.05, 3.63) is 21.8 Å². The van der Waals surface area contributed by atoms with Gasteiger partial charge in [0, 0.05) is 18.3 Å². The SMILES string of the molecule is CC(C)(CNc1ncc(Cl)cc1Br)NS(C)(=O)=O. The van der Waals surface area contributed by atoms with Gasteiger partial charge < -0.3 is 5.32 Å². The summed E-state index contributed by atoms with van der Waals surface area (Å²) in [6.07, 6.45) is 2.65. The molecule has 0 bridgehead atoms. The minimum absolute atomic E-state index is 0.396. The molecule has 0 aliphatic carbocycles. The summed E-state index contributed by atoms with van der Waals surface area (Å²) in [5.74, 6) is 0.614. The molecule has 0 saturated carbocycles. The molecule has 0 aliphatic rings. The molecule has 1 rings (SSSR count). The summed E-state index contributed by atoms with van der Waals surface area (Å²) in [4.78, 5) is 4.11. The van der Waals surface area contributed by atoms with Gasteiger partial charge in [0.2, 0.25) is 10.0 Å². The van der Waals surface area contributed by atoms with Crippen LogP contribution in [0.5, 0.6) is 0 Å². The van der Waals surface area contributed by atoms with Crippen LogP contribution < -0.4 is 10.0 Å². The van der Waals surface area contributed by atoms with E-state index in [1.807, 2.05) is 0 Å². The fourth-order valence-corrected chi connectivity index (χ4v) is 3.24. The van der Waals surface area contributed by atoms with Gasteiger partial charge in [-0.25, -0.2) is 18.1 Å². The number of anilines is 1. The summed E-state index contributed by atoms with van der Waals surface area (Å²) >= 11 is 9.11. The quantitative estimate of drug-likeness (QED) is 0.849. The van der Waals surface area contributed by atoms with E-state index in [0.29, 0.717) is 17.4 Å². The third-order valence-electron chi connectivity index (χ3n) is 1.97. The first-order valence-corrected chi connectivity index (χ1v) is 8.19. The summed E-state index contributed by atoms with van der Waals surface area (Å²) in [5, 5.41) is 3.59. The molecule has 8 heteroatoms. The lowest BCUT2D eigenvalue weighted by Crippen LogP contribution is -2.47. The summed E-state index contributed by atoms with van der Waals surface area (Å²) in [6, 6.07) is 1.72. The molecule has 0 amide bonds. The van der Waals surface area contributed by atoms with E-state index in [9.17, 15) is 8.42 Å². The second-order valence-corrected chi connectivity index (χ2v) is 7.63. The van der Waals surface area contributed by atoms with Gasteiger partial charge in [-0.2, -0.15) is 0 Å². The molecule has 0 spiro atoms. The Hall–Kier alpha value is -0.370. The van der Waals surface area contributed by atoms with Crippen molar-refractivity contribution in [3.63, 3.8) is 0 Å². The maximum atomic E-state index is 11.2. The first kappa shape index (κ1) is 15.7. The van der Waals surface area contributed by atoms with Crippen LogP contribution in [0.3, 0.4) is 0 Å². The van der Waals surface area contributed by atoms with E-state index in [4.69, 9.17) is 11.6 Å². The molecule has 0 saturated heterocycles. The van der Waals surface area contributed by atoms with Crippen LogP contribution in [0, 0.1) is 0 Å². The fraction of sp³-hybridized carbons (Fsp3) is 0.500. The van der Waals surface area contributed by atoms with Crippen LogP contribution >= 0.6 is 27.5 Å². The second kappa shape index (κ2) is 5.73. The Morgan fingerprint density at radius 1 is 1.50 bits per heavy atom. The molecule has 1 aromatic heterocycles. The predicted molar refractivity (Wildman–Crippen MR) is 77.5 cm³/mol. The lowest BCUT2D eigenvalue weighted by Gasteiger charge is -2.25. The van der Waals surface area contributed by atoms with Gasteiger partial charge in [0.05, 0.1) is 15.8 Å². The van der Waals surface area contributed by atoms with Gasteiger partial charge in [-0.3, -0.25) is 0 Å². The lowest BCUT2D eigenvalue weighted by molar-refractivity contribution is 0.476. The highest BCUT2D eigenvalue weighted by molar-refractivity contribution is 9.10. The smallest absolute Gasteiger partial charge is 0.209 e. The third-order valence-corrected chi connectivity index (χ3v) is 3.70. The topological polar surface area (TPSA) is 71.1 Å². The minimum atomic E-state index is -3.25. The van der Waals surface area contributed by atoms with Gasteiger partial charge in [0.15, 0.2) is 0 Å². The lowest BCUT2D eigenvalue weighted by atomic mass is 10.1. The highest BCUT2D eigenvalue weighted by atomic mass is 79.9. The van der Waals surface area contributed by atoms with Crippen molar-refractivity contribution in [1.29, 1.82) is 0 Å². The average molecular weight is 357 g/mol. The van der Waals surface area contributed by atoms with E-state index in [1.165, 1.54) is 6.20 Å². The molecule has 102 valence electrons. The first-order chi connectivity index (χ1) is 8.09. The maximum absolute atomic E-state index is 11.2. The maximum Gasteiger partial charge on any atom is 0.209 e. The molecule has 18 heavy (non-hydrogen) atoms. The van der Waals surface area contributed by atoms with Crippen LogP contribution in [-0.2, 0) is 10.0 Å². The van der Waals surface area contributed by atoms with Crippen molar-refractivity contribution >= 4 is 43.4 Å². The molecule has 1 heterocycles. The standard InChI is InChI=1S/C10H15BrClN3O2S/c1-10(2,15-18(3,16)17)6-14-9-8(11)4-7(12)5-13-9/h4-5,15H,6H2,1-3H3,(H,13,14). The van der Waals surface area contributed by atoms with Crippen molar-refractivity contribution in [2.75, 3.05) is 18.1 Å². The largest absolute Gasteiger partial charge is 0.367 e. The van der Waals surface area contributed by atoms with E-state index in [-0.39, 0.29) is 0 Å². The molecule has 0 aliphatic heterocycles. The van der Waals surface area contributed by atoms with Crippen molar-refractivity contribution < 1.29 is 8.42 Å². The molecular weight excluding hydrogens is 342 g/mol. The number of pyridine rings is 1. The molecule has 0 aromatic carbocycles. The first-order valence-electron chi connectivity index (χ1n) is 5.13. The Morgan fingerprint density at radius 2 is 2.11 bits per heavy atom. The number of rotatable bonds is 5. The zero-order valence-corrected chi connectivity index (χ0v) is 13.4. The summed E-state index contributed by atoms with van der Waals surface area (Å²) in [5.41, 5.74) is -0.617. The zero-order valence-electron chi connectivity index (χ0n) is 10.3. The Labute approximate surface area is 121 Å². The number of nitrogens with one attached hydrogen (secondary N) is 2. The van der Waals surface area contributed by atoms with E-state index in [0.717, 1.165) is 10.7 Å². The Balaban J connectivity index is 2.70. The zero-order chi connectivity index (χ0) is 14.0. The summed E-state index contributed by atoms with van der Waals surface area (Å²) < 4.78 is 25.6. The van der Waals surface area contributed by atoms with E-state index in [2.05, 4.69) is 31.0 Å². The fourth-order valence-electron chi connectivity index (χ4n) is 1.39. The van der Waals surface area contributed by atoms with Gasteiger partial charge in [0.25, 0.3) is 0 Å². The van der Waals surface area contributed by atoms with Crippen molar-refractivity contribution in [2.24, 2.45) is 0 Å². The van der Waals surface area contributed by atoms with Crippen LogP contribution in [0.2, 0.25) is 5.02 Å². The highest BCUT2D eigenvalue weighted by Crippen LogP contribution is 2.23. The van der Waals surface area contributed by atoms with Crippen molar-refractivity contribution in [2.45, 2.75) is 19.4 Å². The Kier molecular flexibility index (Phi) is 4.99. The number of sulfonamides is 1. The molecule has 5 nitrogen and oxygen atoms in total. The molecule has 0 radical (unpaired) electrons. The number of nitrogens with zero attached hydrogens (tertiary/aromatic N) is 1. The normalized spacial score (nSPS) is 12.5. The van der Waals surface area contributed by atoms with Gasteiger partial charge in [-0.1, -0.05) is 11.6 Å². The molecular formula is C10H15BrClN3O2S. The molecule has 2 N–H and O–H groups in total. The van der Waals surface area contributed by atoms with Crippen LogP contribution in [0.15, 0.2) is 16.7 Å². The number of hydrogen-bond acceptors (Lipinski definition) is 4. The molecule has 1 aromatic rings. The minimum Gasteiger partial charge on any atom is -0.367 e. The van der Waals surface area contributed by atoms with E-state index >= 15 is 0 Å². The number of halogens is 2. The summed E-state index contributed by atoms with van der Waals surface area (Å²) in [7, 11) is -3.25. The van der Waals surface area contributed by atoms with Crippen LogP contribution in [-0.4, -0.2) is 31.7 Å². The van der Waals surface area contributed by atoms with Crippen molar-refractivity contribution in [3.8, 4) is 0 Å². The van der Waals surface area contributed by atoms with Gasteiger partial charge in [-0.15, -0.1) is 0 Å². The predicted octanol–water partition coefficient (Wildman–Crippen LogP) is 2.24. The number of aromatic nitrogens is 1. The third kappa shape index (κ3) is 5.51. The Bertz CT molecular complexity index is 534. The van der Waals surface area contributed by atoms with E-state index in [1.54, 1.807) is 19.9 Å². The summed E-state index contributed by atoms with van der Waals surface area (Å²) in [6.45, 7) is 3.96. The van der Waals surface area contributed by atoms with E-state index < -0.39 is 15.6 Å². The van der Waals surface area contributed by atoms with Crippen LogP contribution in [0.4, 0.5) is 5.82 Å². The Morgan fingerprint density at radius 3 is 2.61 bits per heavy atom. The highest BCUT2D eigenvalue weighted by Gasteiger charge is 2.22. The average Bonchev–Trinajstić information content (AvgIpc) is 2.12. The number of hydrogen-bond donors (Lipinski definition) is 2. The van der Waals surface area contributed by atoms with Gasteiger partial charge >= 0.3 is 0 Å². The van der Waals surface area contributed by atoms with Gasteiger partial charge in [-0.05, 0) is 35.8 Å².